The SMILES string of the molecule is S=c1[nH]nc(-c2ccon2)n1C1CC1. The highest BCUT2D eigenvalue weighted by atomic mass is 32.1. The molecule has 2 aromatic rings. The predicted molar refractivity (Wildman–Crippen MR) is 51.2 cm³/mol. The van der Waals surface area contributed by atoms with Crippen LogP contribution in [0, 0.1) is 4.77 Å². The maximum absolute atomic E-state index is 5.15. The lowest BCUT2D eigenvalue weighted by atomic mass is 10.4. The first-order valence-electron chi connectivity index (χ1n) is 4.44. The Morgan fingerprint density at radius 3 is 3.07 bits per heavy atom. The van der Waals surface area contributed by atoms with Gasteiger partial charge in [0, 0.05) is 12.1 Å². The maximum atomic E-state index is 5.15. The van der Waals surface area contributed by atoms with E-state index in [4.69, 9.17) is 16.7 Å². The molecule has 0 unspecified atom stereocenters. The van der Waals surface area contributed by atoms with Crippen LogP contribution in [0.4, 0.5) is 0 Å². The van der Waals surface area contributed by atoms with Gasteiger partial charge in [-0.3, -0.25) is 9.67 Å². The summed E-state index contributed by atoms with van der Waals surface area (Å²) in [6.07, 6.45) is 3.86. The van der Waals surface area contributed by atoms with Crippen LogP contribution in [0.2, 0.25) is 0 Å². The third-order valence-electron chi connectivity index (χ3n) is 2.28. The monoisotopic (exact) mass is 208 g/mol. The van der Waals surface area contributed by atoms with Gasteiger partial charge in [-0.25, -0.2) is 0 Å². The fourth-order valence-electron chi connectivity index (χ4n) is 1.48. The van der Waals surface area contributed by atoms with Crippen LogP contribution in [0.5, 0.6) is 0 Å². The van der Waals surface area contributed by atoms with Gasteiger partial charge >= 0.3 is 0 Å². The second-order valence-electron chi connectivity index (χ2n) is 3.34. The van der Waals surface area contributed by atoms with Gasteiger partial charge in [0.15, 0.2) is 16.3 Å². The van der Waals surface area contributed by atoms with Crippen molar-refractivity contribution in [1.82, 2.24) is 19.9 Å². The van der Waals surface area contributed by atoms with Gasteiger partial charge in [-0.15, -0.1) is 0 Å². The quantitative estimate of drug-likeness (QED) is 0.766. The van der Waals surface area contributed by atoms with Crippen LogP contribution in [0.3, 0.4) is 0 Å². The van der Waals surface area contributed by atoms with Gasteiger partial charge in [0.2, 0.25) is 0 Å². The summed E-state index contributed by atoms with van der Waals surface area (Å²) in [6.45, 7) is 0. The minimum absolute atomic E-state index is 0.493. The number of nitrogens with zero attached hydrogens (tertiary/aromatic N) is 3. The van der Waals surface area contributed by atoms with Crippen LogP contribution >= 0.6 is 12.2 Å². The summed E-state index contributed by atoms with van der Waals surface area (Å²) in [6, 6.07) is 2.28. The minimum atomic E-state index is 0.493. The van der Waals surface area contributed by atoms with E-state index >= 15 is 0 Å². The molecular weight excluding hydrogens is 200 g/mol. The molecule has 14 heavy (non-hydrogen) atoms. The van der Waals surface area contributed by atoms with E-state index < -0.39 is 0 Å². The lowest BCUT2D eigenvalue weighted by Crippen LogP contribution is -1.97. The Balaban J connectivity index is 2.18. The van der Waals surface area contributed by atoms with Crippen LogP contribution in [-0.2, 0) is 0 Å². The van der Waals surface area contributed by atoms with Crippen molar-refractivity contribution in [1.29, 1.82) is 0 Å². The van der Waals surface area contributed by atoms with E-state index in [1.807, 2.05) is 4.57 Å². The van der Waals surface area contributed by atoms with Crippen molar-refractivity contribution < 1.29 is 4.52 Å². The average molecular weight is 208 g/mol. The highest BCUT2D eigenvalue weighted by Crippen LogP contribution is 2.37. The maximum Gasteiger partial charge on any atom is 0.195 e. The Morgan fingerprint density at radius 2 is 2.43 bits per heavy atom. The molecule has 1 fully saturated rings. The van der Waals surface area contributed by atoms with E-state index in [-0.39, 0.29) is 0 Å². The van der Waals surface area contributed by atoms with Gasteiger partial charge in [0.1, 0.15) is 6.26 Å². The number of rotatable bonds is 2. The highest BCUT2D eigenvalue weighted by molar-refractivity contribution is 7.71. The van der Waals surface area contributed by atoms with Crippen LogP contribution in [0.15, 0.2) is 16.9 Å². The van der Waals surface area contributed by atoms with E-state index in [9.17, 15) is 0 Å². The van der Waals surface area contributed by atoms with Crippen LogP contribution in [-0.4, -0.2) is 19.9 Å². The molecule has 2 heterocycles. The topological polar surface area (TPSA) is 59.6 Å². The molecule has 0 aromatic carbocycles. The van der Waals surface area contributed by atoms with Crippen LogP contribution < -0.4 is 0 Å². The molecule has 3 rings (SSSR count). The molecule has 0 saturated heterocycles. The van der Waals surface area contributed by atoms with Gasteiger partial charge < -0.3 is 4.52 Å². The first kappa shape index (κ1) is 7.93. The first-order valence-corrected chi connectivity index (χ1v) is 4.85. The Labute approximate surface area is 84.7 Å². The largest absolute Gasteiger partial charge is 0.364 e. The van der Waals surface area contributed by atoms with E-state index in [0.29, 0.717) is 10.8 Å². The molecule has 0 atom stereocenters. The Bertz CT molecular complexity index is 494. The summed E-state index contributed by atoms with van der Waals surface area (Å²) < 4.78 is 7.45. The molecule has 1 N–H and O–H groups in total. The molecule has 1 aliphatic rings. The molecule has 0 bridgehead atoms. The molecule has 0 spiro atoms. The molecule has 6 heteroatoms. The normalized spacial score (nSPS) is 16.0. The fourth-order valence-corrected chi connectivity index (χ4v) is 1.77. The van der Waals surface area contributed by atoms with Gasteiger partial charge in [0.05, 0.1) is 0 Å². The zero-order valence-electron chi connectivity index (χ0n) is 7.30. The van der Waals surface area contributed by atoms with Crippen molar-refractivity contribution in [3.8, 4) is 11.5 Å². The summed E-state index contributed by atoms with van der Waals surface area (Å²) in [5.41, 5.74) is 0.726. The third kappa shape index (κ3) is 1.11. The Morgan fingerprint density at radius 1 is 1.57 bits per heavy atom. The van der Waals surface area contributed by atoms with Crippen molar-refractivity contribution in [2.24, 2.45) is 0 Å². The number of nitrogens with one attached hydrogen (secondary N) is 1. The molecule has 0 radical (unpaired) electrons. The lowest BCUT2D eigenvalue weighted by Gasteiger charge is -1.99. The van der Waals surface area contributed by atoms with E-state index in [0.717, 1.165) is 11.5 Å². The van der Waals surface area contributed by atoms with Crippen molar-refractivity contribution in [2.75, 3.05) is 0 Å². The van der Waals surface area contributed by atoms with Crippen molar-refractivity contribution in [3.05, 3.63) is 17.1 Å². The number of hydrogen-bond acceptors (Lipinski definition) is 4. The summed E-state index contributed by atoms with van der Waals surface area (Å²) in [4.78, 5) is 0. The second-order valence-corrected chi connectivity index (χ2v) is 3.72. The molecular formula is C8H8N4OS. The molecule has 72 valence electrons. The van der Waals surface area contributed by atoms with Crippen molar-refractivity contribution >= 4 is 12.2 Å². The standard InChI is InChI=1S/C8H8N4OS/c14-8-10-9-7(6-3-4-13-11-6)12(8)5-1-2-5/h3-5H,1-2H2,(H,10,14). The zero-order chi connectivity index (χ0) is 9.54. The van der Waals surface area contributed by atoms with Crippen molar-refractivity contribution in [2.45, 2.75) is 18.9 Å². The summed E-state index contributed by atoms with van der Waals surface area (Å²) in [5.74, 6) is 0.770. The summed E-state index contributed by atoms with van der Waals surface area (Å²) in [7, 11) is 0. The smallest absolute Gasteiger partial charge is 0.195 e. The highest BCUT2D eigenvalue weighted by Gasteiger charge is 2.28. The minimum Gasteiger partial charge on any atom is -0.364 e. The number of H-pyrrole nitrogens is 1. The molecule has 5 nitrogen and oxygen atoms in total. The Hall–Kier alpha value is -1.43. The van der Waals surface area contributed by atoms with Gasteiger partial charge in [-0.05, 0) is 25.1 Å². The zero-order valence-corrected chi connectivity index (χ0v) is 8.12. The lowest BCUT2D eigenvalue weighted by molar-refractivity contribution is 0.421. The van der Waals surface area contributed by atoms with Crippen molar-refractivity contribution in [3.63, 3.8) is 0 Å². The summed E-state index contributed by atoms with van der Waals surface area (Å²) in [5, 5.41) is 10.8. The Kier molecular flexibility index (Phi) is 1.57. The van der Waals surface area contributed by atoms with Gasteiger partial charge in [-0.1, -0.05) is 5.16 Å². The van der Waals surface area contributed by atoms with E-state index in [1.165, 1.54) is 19.1 Å². The van der Waals surface area contributed by atoms with Gasteiger partial charge in [0.25, 0.3) is 0 Å². The molecule has 1 aliphatic carbocycles. The fraction of sp³-hybridized carbons (Fsp3) is 0.375. The molecule has 0 amide bonds. The van der Waals surface area contributed by atoms with E-state index in [2.05, 4.69) is 15.4 Å². The first-order chi connectivity index (χ1) is 6.86. The second kappa shape index (κ2) is 2.78. The average Bonchev–Trinajstić information content (AvgIpc) is 2.75. The van der Waals surface area contributed by atoms with E-state index in [1.54, 1.807) is 6.07 Å². The van der Waals surface area contributed by atoms with Crippen LogP contribution in [0.1, 0.15) is 18.9 Å². The van der Waals surface area contributed by atoms with Gasteiger partial charge in [-0.2, -0.15) is 5.10 Å². The molecule has 1 saturated carbocycles. The molecule has 0 aliphatic heterocycles. The number of aromatic nitrogens is 4. The van der Waals surface area contributed by atoms with Crippen LogP contribution in [0.25, 0.3) is 11.5 Å². The molecule has 2 aromatic heterocycles. The summed E-state index contributed by atoms with van der Waals surface area (Å²) >= 11 is 5.15. The predicted octanol–water partition coefficient (Wildman–Crippen LogP) is 1.93. The number of hydrogen-bond donors (Lipinski definition) is 1. The third-order valence-corrected chi connectivity index (χ3v) is 2.57. The number of aromatic amines is 1.